The van der Waals surface area contributed by atoms with Crippen molar-refractivity contribution in [2.75, 3.05) is 13.7 Å². The van der Waals surface area contributed by atoms with Crippen LogP contribution in [-0.2, 0) is 4.79 Å². The number of hydrogen-bond acceptors (Lipinski definition) is 4. The molecule has 30 heavy (non-hydrogen) atoms. The highest BCUT2D eigenvalue weighted by Gasteiger charge is 2.58. The second-order valence-electron chi connectivity index (χ2n) is 8.30. The van der Waals surface area contributed by atoms with Crippen LogP contribution >= 0.6 is 0 Å². The SMILES string of the molecule is CN1C(=O)[C@@H](NC(=O)c2ccc(C3CC3)c(OCC(F)(F)C(F)(F)F)n2)CC1(C)C. The molecule has 2 amide bonds. The third-order valence-electron chi connectivity index (χ3n) is 5.49. The smallest absolute Gasteiger partial charge is 0.456 e. The summed E-state index contributed by atoms with van der Waals surface area (Å²) < 4.78 is 68.5. The first-order valence-electron chi connectivity index (χ1n) is 9.40. The maximum Gasteiger partial charge on any atom is 0.456 e. The summed E-state index contributed by atoms with van der Waals surface area (Å²) in [7, 11) is 1.62. The number of nitrogens with zero attached hydrogens (tertiary/aromatic N) is 2. The van der Waals surface area contributed by atoms with Crippen LogP contribution in [0.4, 0.5) is 22.0 Å². The monoisotopic (exact) mass is 435 g/mol. The normalized spacial score (nSPS) is 21.7. The first kappa shape index (κ1) is 22.2. The topological polar surface area (TPSA) is 71.5 Å². The number of ether oxygens (including phenoxy) is 1. The van der Waals surface area contributed by atoms with Gasteiger partial charge in [0.15, 0.2) is 6.61 Å². The van der Waals surface area contributed by atoms with Crippen molar-refractivity contribution >= 4 is 11.8 Å². The first-order valence-corrected chi connectivity index (χ1v) is 9.40. The van der Waals surface area contributed by atoms with Gasteiger partial charge in [-0.25, -0.2) is 4.98 Å². The molecule has 11 heteroatoms. The van der Waals surface area contributed by atoms with Crippen molar-refractivity contribution in [2.45, 2.75) is 62.7 Å². The number of rotatable bonds is 6. The summed E-state index contributed by atoms with van der Waals surface area (Å²) in [6.07, 6.45) is -3.97. The average Bonchev–Trinajstić information content (AvgIpc) is 3.45. The van der Waals surface area contributed by atoms with Crippen LogP contribution in [-0.4, -0.2) is 59.0 Å². The lowest BCUT2D eigenvalue weighted by molar-refractivity contribution is -0.290. The number of aromatic nitrogens is 1. The van der Waals surface area contributed by atoms with Crippen LogP contribution in [0, 0.1) is 0 Å². The summed E-state index contributed by atoms with van der Waals surface area (Å²) >= 11 is 0. The Balaban J connectivity index is 1.77. The van der Waals surface area contributed by atoms with E-state index in [0.717, 1.165) is 12.8 Å². The van der Waals surface area contributed by atoms with Gasteiger partial charge in [0.25, 0.3) is 5.91 Å². The Kier molecular flexibility index (Phi) is 5.44. The third kappa shape index (κ3) is 4.34. The molecule has 1 N–H and O–H groups in total. The Morgan fingerprint density at radius 3 is 2.40 bits per heavy atom. The van der Waals surface area contributed by atoms with E-state index in [-0.39, 0.29) is 17.5 Å². The molecule has 1 aromatic rings. The number of amides is 2. The van der Waals surface area contributed by atoms with Gasteiger partial charge in [-0.05, 0) is 45.1 Å². The lowest BCUT2D eigenvalue weighted by atomic mass is 10.0. The van der Waals surface area contributed by atoms with E-state index in [0.29, 0.717) is 12.0 Å². The molecule has 1 atom stereocenters. The van der Waals surface area contributed by atoms with E-state index >= 15 is 0 Å². The molecule has 2 heterocycles. The highest BCUT2D eigenvalue weighted by atomic mass is 19.4. The lowest BCUT2D eigenvalue weighted by Gasteiger charge is -2.26. The second-order valence-corrected chi connectivity index (χ2v) is 8.30. The van der Waals surface area contributed by atoms with E-state index in [4.69, 9.17) is 4.74 Å². The van der Waals surface area contributed by atoms with Gasteiger partial charge in [-0.1, -0.05) is 6.07 Å². The summed E-state index contributed by atoms with van der Waals surface area (Å²) in [4.78, 5) is 30.2. The predicted octanol–water partition coefficient (Wildman–Crippen LogP) is 3.27. The molecule has 0 unspecified atom stereocenters. The maximum absolute atomic E-state index is 13.2. The van der Waals surface area contributed by atoms with Crippen molar-refractivity contribution in [3.63, 3.8) is 0 Å². The zero-order chi connectivity index (χ0) is 22.5. The molecular weight excluding hydrogens is 413 g/mol. The average molecular weight is 435 g/mol. The lowest BCUT2D eigenvalue weighted by Crippen LogP contribution is -2.42. The number of nitrogens with one attached hydrogen (secondary N) is 1. The van der Waals surface area contributed by atoms with Crippen LogP contribution in [0.1, 0.15) is 55.1 Å². The minimum absolute atomic E-state index is 0.0602. The number of likely N-dealkylation sites (tertiary alicyclic amines) is 1. The summed E-state index contributed by atoms with van der Waals surface area (Å²) in [6.45, 7) is 1.74. The Morgan fingerprint density at radius 2 is 1.90 bits per heavy atom. The molecule has 0 bridgehead atoms. The number of alkyl halides is 5. The van der Waals surface area contributed by atoms with Crippen LogP contribution in [0.3, 0.4) is 0 Å². The van der Waals surface area contributed by atoms with Crippen LogP contribution in [0.25, 0.3) is 0 Å². The van der Waals surface area contributed by atoms with Crippen LogP contribution in [0.15, 0.2) is 12.1 Å². The minimum Gasteiger partial charge on any atom is -0.471 e. The predicted molar refractivity (Wildman–Crippen MR) is 95.4 cm³/mol. The van der Waals surface area contributed by atoms with Gasteiger partial charge < -0.3 is 15.0 Å². The molecule has 2 aliphatic rings. The number of carbonyl (C=O) groups is 2. The number of likely N-dealkylation sites (N-methyl/N-ethyl adjacent to an activating group) is 1. The third-order valence-corrected chi connectivity index (χ3v) is 5.49. The Bertz CT molecular complexity index is 852. The van der Waals surface area contributed by atoms with Crippen LogP contribution in [0.2, 0.25) is 0 Å². The van der Waals surface area contributed by atoms with Crippen molar-refractivity contribution in [2.24, 2.45) is 0 Å². The fraction of sp³-hybridized carbons (Fsp3) is 0.632. The van der Waals surface area contributed by atoms with Crippen molar-refractivity contribution < 1.29 is 36.3 Å². The van der Waals surface area contributed by atoms with Crippen molar-refractivity contribution in [1.82, 2.24) is 15.2 Å². The molecule has 6 nitrogen and oxygen atoms in total. The van der Waals surface area contributed by atoms with Gasteiger partial charge >= 0.3 is 12.1 Å². The van der Waals surface area contributed by atoms with Crippen molar-refractivity contribution in [3.8, 4) is 5.88 Å². The molecular formula is C19H22F5N3O3. The van der Waals surface area contributed by atoms with E-state index in [2.05, 4.69) is 10.3 Å². The van der Waals surface area contributed by atoms with Crippen molar-refractivity contribution in [3.05, 3.63) is 23.4 Å². The molecule has 3 rings (SSSR count). The molecule has 2 fully saturated rings. The molecule has 1 aliphatic heterocycles. The zero-order valence-corrected chi connectivity index (χ0v) is 16.6. The molecule has 166 valence electrons. The van der Waals surface area contributed by atoms with Gasteiger partial charge in [-0.2, -0.15) is 22.0 Å². The van der Waals surface area contributed by atoms with Gasteiger partial charge in [0.1, 0.15) is 11.7 Å². The highest BCUT2D eigenvalue weighted by Crippen LogP contribution is 2.44. The molecule has 1 aliphatic carbocycles. The second kappa shape index (κ2) is 7.35. The van der Waals surface area contributed by atoms with E-state index in [1.54, 1.807) is 7.05 Å². The Labute approximate surface area is 169 Å². The van der Waals surface area contributed by atoms with Gasteiger partial charge in [0.05, 0.1) is 0 Å². The molecule has 1 saturated carbocycles. The minimum atomic E-state index is -5.76. The van der Waals surface area contributed by atoms with Gasteiger partial charge in [-0.3, -0.25) is 9.59 Å². The largest absolute Gasteiger partial charge is 0.471 e. The summed E-state index contributed by atoms with van der Waals surface area (Å²) in [6, 6.07) is 1.99. The standard InChI is InChI=1S/C19H22F5N3O3/c1-17(2)8-13(16(29)27(17)3)25-14(28)12-7-6-11(10-4-5-10)15(26-12)30-9-18(20,21)19(22,23)24/h6-7,10,13H,4-5,8-9H2,1-3H3,(H,25,28)/t13-/m0/s1. The van der Waals surface area contributed by atoms with E-state index in [1.165, 1.54) is 17.0 Å². The summed E-state index contributed by atoms with van der Waals surface area (Å²) in [5, 5.41) is 2.54. The molecule has 0 radical (unpaired) electrons. The molecule has 0 aromatic carbocycles. The first-order chi connectivity index (χ1) is 13.7. The van der Waals surface area contributed by atoms with E-state index in [1.807, 2.05) is 13.8 Å². The van der Waals surface area contributed by atoms with E-state index in [9.17, 15) is 31.5 Å². The van der Waals surface area contributed by atoms with E-state index < -0.39 is 42.1 Å². The maximum atomic E-state index is 13.2. The zero-order valence-electron chi connectivity index (χ0n) is 16.6. The summed E-state index contributed by atoms with van der Waals surface area (Å²) in [5.41, 5.74) is -0.317. The number of pyridine rings is 1. The van der Waals surface area contributed by atoms with Crippen LogP contribution < -0.4 is 10.1 Å². The number of carbonyl (C=O) groups excluding carboxylic acids is 2. The van der Waals surface area contributed by atoms with Gasteiger partial charge in [0.2, 0.25) is 11.8 Å². The highest BCUT2D eigenvalue weighted by molar-refractivity contribution is 5.97. The summed E-state index contributed by atoms with van der Waals surface area (Å²) in [5.74, 6) is -6.57. The molecule has 0 spiro atoms. The number of halogens is 5. The fourth-order valence-corrected chi connectivity index (χ4v) is 3.24. The quantitative estimate of drug-likeness (QED) is 0.697. The Morgan fingerprint density at radius 1 is 1.27 bits per heavy atom. The van der Waals surface area contributed by atoms with Gasteiger partial charge in [0, 0.05) is 18.2 Å². The number of hydrogen-bond donors (Lipinski definition) is 1. The van der Waals surface area contributed by atoms with Crippen molar-refractivity contribution in [1.29, 1.82) is 0 Å². The molecule has 1 saturated heterocycles. The van der Waals surface area contributed by atoms with Gasteiger partial charge in [-0.15, -0.1) is 0 Å². The molecule has 1 aromatic heterocycles. The van der Waals surface area contributed by atoms with Crippen LogP contribution in [0.5, 0.6) is 5.88 Å². The Hall–Kier alpha value is -2.46. The fourth-order valence-electron chi connectivity index (χ4n) is 3.24.